The number of H-pyrrole nitrogens is 1. The van der Waals surface area contributed by atoms with E-state index in [1.807, 2.05) is 18.0 Å². The quantitative estimate of drug-likeness (QED) is 0.535. The molecule has 0 aromatic carbocycles. The molecule has 2 fully saturated rings. The van der Waals surface area contributed by atoms with Gasteiger partial charge >= 0.3 is 5.95 Å². The molecule has 1 saturated heterocycles. The van der Waals surface area contributed by atoms with Crippen molar-refractivity contribution in [1.82, 2.24) is 9.88 Å². The topological polar surface area (TPSA) is 139 Å². The first-order chi connectivity index (χ1) is 14.2. The Morgan fingerprint density at radius 2 is 2.33 bits per heavy atom. The minimum Gasteiger partial charge on any atom is -0.402 e. The van der Waals surface area contributed by atoms with Crippen LogP contribution in [0.1, 0.15) is 39.0 Å². The van der Waals surface area contributed by atoms with Gasteiger partial charge in [-0.2, -0.15) is 10.3 Å². The molecule has 1 aromatic heterocycles. The molecule has 1 spiro atoms. The first-order valence-corrected chi connectivity index (χ1v) is 10.3. The van der Waals surface area contributed by atoms with Crippen LogP contribution in [0, 0.1) is 16.7 Å². The van der Waals surface area contributed by atoms with Crippen LogP contribution in [0.3, 0.4) is 0 Å². The lowest BCUT2D eigenvalue weighted by atomic mass is 9.85. The molecule has 30 heavy (non-hydrogen) atoms. The summed E-state index contributed by atoms with van der Waals surface area (Å²) in [7, 11) is 1.99. The van der Waals surface area contributed by atoms with Gasteiger partial charge in [-0.15, -0.1) is 0 Å². The summed E-state index contributed by atoms with van der Waals surface area (Å²) in [6.07, 6.45) is 7.15. The van der Waals surface area contributed by atoms with Crippen LogP contribution in [0.5, 0.6) is 0 Å². The minimum absolute atomic E-state index is 0.0473. The fourth-order valence-corrected chi connectivity index (χ4v) is 4.54. The summed E-state index contributed by atoms with van der Waals surface area (Å²) in [6.45, 7) is 3.18. The summed E-state index contributed by atoms with van der Waals surface area (Å²) >= 11 is 6.22. The Bertz CT molecular complexity index is 920. The van der Waals surface area contributed by atoms with Crippen molar-refractivity contribution < 1.29 is 9.78 Å². The van der Waals surface area contributed by atoms with Gasteiger partial charge in [0.05, 0.1) is 25.4 Å². The number of amidine groups is 1. The molecule has 1 aromatic rings. The summed E-state index contributed by atoms with van der Waals surface area (Å²) in [5.41, 5.74) is 12.2. The third-order valence-corrected chi connectivity index (χ3v) is 6.22. The van der Waals surface area contributed by atoms with Crippen molar-refractivity contribution in [2.24, 2.45) is 21.9 Å². The third kappa shape index (κ3) is 4.82. The number of nitrogens with zero attached hydrogens (tertiary/aromatic N) is 5. The molecule has 2 aliphatic rings. The number of amides is 1. The number of anilines is 1. The van der Waals surface area contributed by atoms with Crippen molar-refractivity contribution in [2.75, 3.05) is 25.0 Å². The zero-order chi connectivity index (χ0) is 21.9. The van der Waals surface area contributed by atoms with Gasteiger partial charge in [-0.25, -0.2) is 4.98 Å². The maximum Gasteiger partial charge on any atom is 0.393 e. The normalized spacial score (nSPS) is 24.3. The summed E-state index contributed by atoms with van der Waals surface area (Å²) in [6, 6.07) is 2.23. The molecule has 10 heteroatoms. The van der Waals surface area contributed by atoms with E-state index in [0.717, 1.165) is 38.8 Å². The molecule has 1 saturated carbocycles. The highest BCUT2D eigenvalue weighted by molar-refractivity contribution is 6.32. The lowest BCUT2D eigenvalue weighted by molar-refractivity contribution is -0.368. The van der Waals surface area contributed by atoms with E-state index in [1.165, 1.54) is 0 Å². The second-order valence-electron chi connectivity index (χ2n) is 8.23. The summed E-state index contributed by atoms with van der Waals surface area (Å²) in [4.78, 5) is 27.9. The van der Waals surface area contributed by atoms with Crippen molar-refractivity contribution in [2.45, 2.75) is 45.1 Å². The number of nitrogens with one attached hydrogen (secondary N) is 1. The molecule has 2 atom stereocenters. The first kappa shape index (κ1) is 21.8. The maximum atomic E-state index is 12.1. The molecule has 2 heterocycles. The van der Waals surface area contributed by atoms with Gasteiger partial charge in [0.15, 0.2) is 0 Å². The molecule has 9 nitrogen and oxygen atoms in total. The predicted molar refractivity (Wildman–Crippen MR) is 115 cm³/mol. The van der Waals surface area contributed by atoms with E-state index in [4.69, 9.17) is 28.3 Å². The molecule has 1 aliphatic carbocycles. The Balaban J connectivity index is 1.72. The van der Waals surface area contributed by atoms with Crippen LogP contribution in [0.4, 0.5) is 11.8 Å². The predicted octanol–water partition coefficient (Wildman–Crippen LogP) is 1.52. The van der Waals surface area contributed by atoms with Crippen LogP contribution in [-0.2, 0) is 4.79 Å². The number of nitrogens with two attached hydrogens (primary N) is 2. The number of hydrogen-bond donors (Lipinski definition) is 2. The van der Waals surface area contributed by atoms with E-state index >= 15 is 0 Å². The van der Waals surface area contributed by atoms with Gasteiger partial charge < -0.3 is 16.4 Å². The van der Waals surface area contributed by atoms with Crippen LogP contribution in [0.25, 0.3) is 0 Å². The Kier molecular flexibility index (Phi) is 6.46. The fraction of sp³-hybridized carbons (Fsp3) is 0.550. The van der Waals surface area contributed by atoms with Crippen LogP contribution < -0.4 is 21.4 Å². The number of aromatic amines is 1. The van der Waals surface area contributed by atoms with Crippen LogP contribution >= 0.6 is 11.6 Å². The number of likely N-dealkylation sites (tertiary alicyclic amines) is 1. The van der Waals surface area contributed by atoms with Gasteiger partial charge in [0.1, 0.15) is 17.3 Å². The SMILES string of the molecule is C/C(N)=C/C(N)=Nc1nc(N(C)C2CCC3(CCN(C(=O)CC#N)C3)C2)[nH+]cc1Cl. The Labute approximate surface area is 181 Å². The number of halogens is 1. The number of allylic oxidation sites excluding steroid dienone is 1. The van der Waals surface area contributed by atoms with E-state index in [1.54, 1.807) is 19.2 Å². The number of aromatic nitrogens is 2. The molecule has 160 valence electrons. The highest BCUT2D eigenvalue weighted by Crippen LogP contribution is 2.47. The second-order valence-corrected chi connectivity index (χ2v) is 8.64. The maximum absolute atomic E-state index is 12.1. The highest BCUT2D eigenvalue weighted by Gasteiger charge is 2.47. The van der Waals surface area contributed by atoms with Gasteiger partial charge in [-0.05, 0) is 49.1 Å². The lowest BCUT2D eigenvalue weighted by Gasteiger charge is -2.25. The van der Waals surface area contributed by atoms with E-state index in [0.29, 0.717) is 22.5 Å². The zero-order valence-corrected chi connectivity index (χ0v) is 18.1. The number of nitriles is 1. The smallest absolute Gasteiger partial charge is 0.393 e. The number of aliphatic imine (C=N–C) groups is 1. The summed E-state index contributed by atoms with van der Waals surface area (Å²) in [5, 5.41) is 9.15. The van der Waals surface area contributed by atoms with Gasteiger partial charge in [0.2, 0.25) is 5.91 Å². The van der Waals surface area contributed by atoms with Crippen molar-refractivity contribution in [3.63, 3.8) is 0 Å². The van der Waals surface area contributed by atoms with Crippen molar-refractivity contribution in [3.05, 3.63) is 23.0 Å². The number of rotatable bonds is 5. The van der Waals surface area contributed by atoms with Gasteiger partial charge in [-0.1, -0.05) is 11.6 Å². The average Bonchev–Trinajstić information content (AvgIpc) is 3.30. The summed E-state index contributed by atoms with van der Waals surface area (Å²) < 4.78 is 0. The van der Waals surface area contributed by atoms with E-state index in [-0.39, 0.29) is 29.6 Å². The average molecular weight is 432 g/mol. The second kappa shape index (κ2) is 8.88. The number of carbonyl (C=O) groups is 1. The minimum atomic E-state index is -0.0688. The van der Waals surface area contributed by atoms with Crippen LogP contribution in [-0.4, -0.2) is 47.8 Å². The van der Waals surface area contributed by atoms with Crippen molar-refractivity contribution in [3.8, 4) is 6.07 Å². The molecule has 5 N–H and O–H groups in total. The van der Waals surface area contributed by atoms with E-state index < -0.39 is 0 Å². The fourth-order valence-electron chi connectivity index (χ4n) is 4.40. The van der Waals surface area contributed by atoms with Crippen molar-refractivity contribution >= 4 is 35.1 Å². The zero-order valence-electron chi connectivity index (χ0n) is 17.4. The molecule has 0 radical (unpaired) electrons. The van der Waals surface area contributed by atoms with Crippen LogP contribution in [0.15, 0.2) is 23.0 Å². The third-order valence-electron chi connectivity index (χ3n) is 5.94. The standard InChI is InChI=1S/C20H27ClN8O/c1-13(23)9-16(24)26-18-15(21)11-25-19(27-18)28(2)14-3-5-20(10-14)6-8-29(12-20)17(30)4-7-22/h9,11,14H,3-6,8,10,12,23H2,1-2H3,(H2,24,25,26,27)/p+1/b13-9-. The highest BCUT2D eigenvalue weighted by atomic mass is 35.5. The van der Waals surface area contributed by atoms with E-state index in [9.17, 15) is 4.79 Å². The molecular formula is C20H28ClN8O+. The molecular weight excluding hydrogens is 404 g/mol. The molecule has 2 unspecified atom stereocenters. The molecule has 3 rings (SSSR count). The Hall–Kier alpha value is -2.86. The first-order valence-electron chi connectivity index (χ1n) is 9.97. The van der Waals surface area contributed by atoms with Gasteiger partial charge in [-0.3, -0.25) is 9.69 Å². The number of carbonyl (C=O) groups excluding carboxylic acids is 1. The Morgan fingerprint density at radius 1 is 1.57 bits per heavy atom. The van der Waals surface area contributed by atoms with Crippen LogP contribution in [0.2, 0.25) is 5.02 Å². The molecule has 1 amide bonds. The van der Waals surface area contributed by atoms with E-state index in [2.05, 4.69) is 19.9 Å². The van der Waals surface area contributed by atoms with Crippen molar-refractivity contribution in [1.29, 1.82) is 5.26 Å². The molecule has 0 bridgehead atoms. The van der Waals surface area contributed by atoms with Gasteiger partial charge in [0, 0.05) is 18.8 Å². The Morgan fingerprint density at radius 3 is 3.03 bits per heavy atom. The summed E-state index contributed by atoms with van der Waals surface area (Å²) in [5.74, 6) is 1.14. The molecule has 1 aliphatic heterocycles. The monoisotopic (exact) mass is 431 g/mol. The van der Waals surface area contributed by atoms with Gasteiger partial charge in [0.25, 0.3) is 5.82 Å². The largest absolute Gasteiger partial charge is 0.402 e. The number of hydrogen-bond acceptors (Lipinski definition) is 6. The lowest BCUT2D eigenvalue weighted by Crippen LogP contribution is -2.36.